The van der Waals surface area contributed by atoms with E-state index in [2.05, 4.69) is 31.3 Å². The maximum absolute atomic E-state index is 9.57. The molecule has 0 aromatic heterocycles. The standard InChI is InChI=1S/C15H23NOS/c1-15(2)8-13(10-18-11-15)16-14(9-17)12-6-4-3-5-7-12/h3-7,13-14,16-17H,8-11H2,1-2H3/t13?,14-/m1/s1. The number of hydrogen-bond donors (Lipinski definition) is 2. The summed E-state index contributed by atoms with van der Waals surface area (Å²) >= 11 is 2.01. The molecule has 1 fully saturated rings. The van der Waals surface area contributed by atoms with Crippen LogP contribution in [0.5, 0.6) is 0 Å². The lowest BCUT2D eigenvalue weighted by molar-refractivity contribution is 0.218. The van der Waals surface area contributed by atoms with Crippen molar-refractivity contribution in [2.24, 2.45) is 5.41 Å². The number of benzene rings is 1. The second kappa shape index (κ2) is 6.09. The summed E-state index contributed by atoms with van der Waals surface area (Å²) in [6.07, 6.45) is 1.18. The Morgan fingerprint density at radius 1 is 1.39 bits per heavy atom. The van der Waals surface area contributed by atoms with Crippen LogP contribution >= 0.6 is 11.8 Å². The van der Waals surface area contributed by atoms with E-state index in [1.807, 2.05) is 30.0 Å². The number of thioether (sulfide) groups is 1. The molecule has 0 saturated carbocycles. The lowest BCUT2D eigenvalue weighted by Gasteiger charge is -2.37. The van der Waals surface area contributed by atoms with Crippen LogP contribution in [0.1, 0.15) is 31.9 Å². The number of aliphatic hydroxyl groups excluding tert-OH is 1. The van der Waals surface area contributed by atoms with E-state index < -0.39 is 0 Å². The van der Waals surface area contributed by atoms with Gasteiger partial charge in [0.1, 0.15) is 0 Å². The summed E-state index contributed by atoms with van der Waals surface area (Å²) in [6, 6.07) is 10.8. The molecule has 2 N–H and O–H groups in total. The van der Waals surface area contributed by atoms with Gasteiger partial charge in [-0.3, -0.25) is 0 Å². The van der Waals surface area contributed by atoms with Gasteiger partial charge in [-0.25, -0.2) is 0 Å². The van der Waals surface area contributed by atoms with Crippen LogP contribution in [0, 0.1) is 5.41 Å². The van der Waals surface area contributed by atoms with Gasteiger partial charge in [-0.1, -0.05) is 44.2 Å². The Bertz CT molecular complexity index is 366. The van der Waals surface area contributed by atoms with Crippen LogP contribution in [0.15, 0.2) is 30.3 Å². The first-order chi connectivity index (χ1) is 8.61. The largest absolute Gasteiger partial charge is 0.394 e. The molecular formula is C15H23NOS. The first-order valence-corrected chi connectivity index (χ1v) is 7.76. The molecule has 1 aliphatic rings. The molecule has 0 aliphatic carbocycles. The van der Waals surface area contributed by atoms with E-state index in [1.54, 1.807) is 0 Å². The highest BCUT2D eigenvalue weighted by atomic mass is 32.2. The fourth-order valence-corrected chi connectivity index (χ4v) is 3.88. The molecular weight excluding hydrogens is 242 g/mol. The fourth-order valence-electron chi connectivity index (χ4n) is 2.59. The van der Waals surface area contributed by atoms with Gasteiger partial charge in [-0.15, -0.1) is 0 Å². The molecule has 1 heterocycles. The molecule has 0 spiro atoms. The van der Waals surface area contributed by atoms with Crippen molar-refractivity contribution in [1.29, 1.82) is 0 Å². The van der Waals surface area contributed by atoms with Gasteiger partial charge in [0.15, 0.2) is 0 Å². The van der Waals surface area contributed by atoms with Crippen molar-refractivity contribution in [3.63, 3.8) is 0 Å². The van der Waals surface area contributed by atoms with E-state index in [0.29, 0.717) is 11.5 Å². The molecule has 1 unspecified atom stereocenters. The summed E-state index contributed by atoms with van der Waals surface area (Å²) in [5.74, 6) is 2.38. The highest BCUT2D eigenvalue weighted by Gasteiger charge is 2.29. The third-order valence-corrected chi connectivity index (χ3v) is 5.06. The third-order valence-electron chi connectivity index (χ3n) is 3.43. The lowest BCUT2D eigenvalue weighted by atomic mass is 9.87. The van der Waals surface area contributed by atoms with Crippen molar-refractivity contribution in [1.82, 2.24) is 5.32 Å². The predicted molar refractivity (Wildman–Crippen MR) is 78.9 cm³/mol. The van der Waals surface area contributed by atoms with Crippen molar-refractivity contribution in [2.45, 2.75) is 32.4 Å². The summed E-state index contributed by atoms with van der Waals surface area (Å²) in [6.45, 7) is 4.81. The number of nitrogens with one attached hydrogen (secondary N) is 1. The van der Waals surface area contributed by atoms with Gasteiger partial charge in [0.25, 0.3) is 0 Å². The maximum atomic E-state index is 9.57. The molecule has 0 bridgehead atoms. The normalized spacial score (nSPS) is 24.7. The molecule has 2 atom stereocenters. The van der Waals surface area contributed by atoms with Gasteiger partial charge < -0.3 is 10.4 Å². The molecule has 0 amide bonds. The van der Waals surface area contributed by atoms with Crippen molar-refractivity contribution in [3.8, 4) is 0 Å². The molecule has 1 aliphatic heterocycles. The Hall–Kier alpha value is -0.510. The molecule has 18 heavy (non-hydrogen) atoms. The Labute approximate surface area is 114 Å². The Kier molecular flexibility index (Phi) is 4.71. The molecule has 1 aromatic carbocycles. The summed E-state index contributed by atoms with van der Waals surface area (Å²) < 4.78 is 0. The minimum Gasteiger partial charge on any atom is -0.394 e. The fraction of sp³-hybridized carbons (Fsp3) is 0.600. The van der Waals surface area contributed by atoms with Gasteiger partial charge in [-0.2, -0.15) is 11.8 Å². The van der Waals surface area contributed by atoms with Crippen LogP contribution in [0.2, 0.25) is 0 Å². The second-order valence-corrected chi connectivity index (χ2v) is 6.92. The van der Waals surface area contributed by atoms with Crippen molar-refractivity contribution in [2.75, 3.05) is 18.1 Å². The Morgan fingerprint density at radius 3 is 2.72 bits per heavy atom. The third kappa shape index (κ3) is 3.74. The summed E-state index contributed by atoms with van der Waals surface area (Å²) in [4.78, 5) is 0. The minimum absolute atomic E-state index is 0.0608. The zero-order valence-electron chi connectivity index (χ0n) is 11.2. The minimum atomic E-state index is 0.0608. The van der Waals surface area contributed by atoms with Crippen molar-refractivity contribution >= 4 is 11.8 Å². The van der Waals surface area contributed by atoms with Gasteiger partial charge in [0, 0.05) is 11.8 Å². The van der Waals surface area contributed by atoms with Gasteiger partial charge in [0.05, 0.1) is 12.6 Å². The number of rotatable bonds is 4. The van der Waals surface area contributed by atoms with Crippen LogP contribution in [0.3, 0.4) is 0 Å². The topological polar surface area (TPSA) is 32.3 Å². The predicted octanol–water partition coefficient (Wildman–Crippen LogP) is 2.84. The molecule has 3 heteroatoms. The maximum Gasteiger partial charge on any atom is 0.0626 e. The van der Waals surface area contributed by atoms with Gasteiger partial charge in [0.2, 0.25) is 0 Å². The van der Waals surface area contributed by atoms with Crippen molar-refractivity contribution < 1.29 is 5.11 Å². The van der Waals surface area contributed by atoms with Crippen LogP contribution in [-0.4, -0.2) is 29.3 Å². The first kappa shape index (κ1) is 13.9. The smallest absolute Gasteiger partial charge is 0.0626 e. The van der Waals surface area contributed by atoms with Crippen LogP contribution in [0.25, 0.3) is 0 Å². The van der Waals surface area contributed by atoms with E-state index in [9.17, 15) is 5.11 Å². The average Bonchev–Trinajstić information content (AvgIpc) is 2.36. The zero-order chi connectivity index (χ0) is 13.0. The SMILES string of the molecule is CC1(C)CSCC(N[C@H](CO)c2ccccc2)C1. The first-order valence-electron chi connectivity index (χ1n) is 6.60. The quantitative estimate of drug-likeness (QED) is 0.878. The van der Waals surface area contributed by atoms with E-state index in [0.717, 1.165) is 5.75 Å². The number of hydrogen-bond acceptors (Lipinski definition) is 3. The summed E-state index contributed by atoms with van der Waals surface area (Å²) in [5.41, 5.74) is 1.57. The van der Waals surface area contributed by atoms with E-state index in [4.69, 9.17) is 0 Å². The van der Waals surface area contributed by atoms with Gasteiger partial charge >= 0.3 is 0 Å². The molecule has 0 radical (unpaired) electrons. The van der Waals surface area contributed by atoms with Crippen LogP contribution in [0.4, 0.5) is 0 Å². The zero-order valence-corrected chi connectivity index (χ0v) is 12.0. The Morgan fingerprint density at radius 2 is 2.11 bits per heavy atom. The van der Waals surface area contributed by atoms with Gasteiger partial charge in [-0.05, 0) is 23.2 Å². The van der Waals surface area contributed by atoms with Crippen LogP contribution in [-0.2, 0) is 0 Å². The number of aliphatic hydroxyl groups is 1. The van der Waals surface area contributed by atoms with E-state index >= 15 is 0 Å². The summed E-state index contributed by atoms with van der Waals surface area (Å²) in [5, 5.41) is 13.2. The highest BCUT2D eigenvalue weighted by Crippen LogP contribution is 2.34. The molecule has 1 aromatic rings. The summed E-state index contributed by atoms with van der Waals surface area (Å²) in [7, 11) is 0. The van der Waals surface area contributed by atoms with Crippen molar-refractivity contribution in [3.05, 3.63) is 35.9 Å². The molecule has 2 rings (SSSR count). The van der Waals surface area contributed by atoms with E-state index in [1.165, 1.54) is 17.7 Å². The molecule has 2 nitrogen and oxygen atoms in total. The lowest BCUT2D eigenvalue weighted by Crippen LogP contribution is -2.43. The monoisotopic (exact) mass is 265 g/mol. The molecule has 1 saturated heterocycles. The molecule has 100 valence electrons. The average molecular weight is 265 g/mol. The highest BCUT2D eigenvalue weighted by molar-refractivity contribution is 7.99. The van der Waals surface area contributed by atoms with Crippen LogP contribution < -0.4 is 5.32 Å². The second-order valence-electron chi connectivity index (χ2n) is 5.89. The Balaban J connectivity index is 1.98. The van der Waals surface area contributed by atoms with E-state index in [-0.39, 0.29) is 12.6 Å².